The van der Waals surface area contributed by atoms with Crippen LogP contribution < -0.4 is 5.32 Å². The first kappa shape index (κ1) is 12.2. The number of aromatic nitrogens is 2. The summed E-state index contributed by atoms with van der Waals surface area (Å²) in [7, 11) is 0. The number of carbonyl (C=O) groups is 1. The van der Waals surface area contributed by atoms with Crippen molar-refractivity contribution in [3.05, 3.63) is 24.3 Å². The molecule has 2 N–H and O–H groups in total. The molecular formula is C15H19N3O. The van der Waals surface area contributed by atoms with Crippen LogP contribution in [0.5, 0.6) is 0 Å². The van der Waals surface area contributed by atoms with E-state index >= 15 is 0 Å². The molecule has 0 radical (unpaired) electrons. The van der Waals surface area contributed by atoms with Gasteiger partial charge in [0.15, 0.2) is 5.82 Å². The lowest BCUT2D eigenvalue weighted by molar-refractivity contribution is -0.118. The second-order valence-electron chi connectivity index (χ2n) is 6.48. The van der Waals surface area contributed by atoms with Crippen LogP contribution in [0.4, 0.5) is 5.82 Å². The summed E-state index contributed by atoms with van der Waals surface area (Å²) in [5, 5.41) is 11.0. The van der Waals surface area contributed by atoms with E-state index in [2.05, 4.69) is 43.2 Å². The van der Waals surface area contributed by atoms with Crippen LogP contribution >= 0.6 is 0 Å². The molecule has 1 aromatic carbocycles. The van der Waals surface area contributed by atoms with E-state index in [0.29, 0.717) is 5.82 Å². The number of para-hydroxylation sites is 1. The normalized spacial score (nSPS) is 20.4. The van der Waals surface area contributed by atoms with Crippen LogP contribution in [0, 0.1) is 16.7 Å². The zero-order valence-electron chi connectivity index (χ0n) is 11.7. The highest BCUT2D eigenvalue weighted by Crippen LogP contribution is 2.68. The Labute approximate surface area is 112 Å². The summed E-state index contributed by atoms with van der Waals surface area (Å²) in [6, 6.07) is 7.79. The Morgan fingerprint density at radius 1 is 1.21 bits per heavy atom. The summed E-state index contributed by atoms with van der Waals surface area (Å²) in [5.74, 6) is 0.724. The van der Waals surface area contributed by atoms with Gasteiger partial charge in [0.2, 0.25) is 5.91 Å². The van der Waals surface area contributed by atoms with Crippen molar-refractivity contribution in [1.29, 1.82) is 0 Å². The molecule has 1 aliphatic rings. The van der Waals surface area contributed by atoms with Crippen molar-refractivity contribution in [3.8, 4) is 0 Å². The van der Waals surface area contributed by atoms with Gasteiger partial charge in [0, 0.05) is 11.3 Å². The van der Waals surface area contributed by atoms with Crippen molar-refractivity contribution in [2.24, 2.45) is 16.7 Å². The zero-order chi connectivity index (χ0) is 13.8. The van der Waals surface area contributed by atoms with Crippen molar-refractivity contribution >= 4 is 22.6 Å². The molecule has 1 aromatic heterocycles. The van der Waals surface area contributed by atoms with E-state index in [-0.39, 0.29) is 22.7 Å². The molecule has 1 fully saturated rings. The Hall–Kier alpha value is -1.84. The zero-order valence-corrected chi connectivity index (χ0v) is 11.7. The molecule has 0 aliphatic heterocycles. The number of H-pyrrole nitrogens is 1. The summed E-state index contributed by atoms with van der Waals surface area (Å²) >= 11 is 0. The second kappa shape index (κ2) is 3.59. The fraction of sp³-hybridized carbons (Fsp3) is 0.467. The molecule has 0 spiro atoms. The van der Waals surface area contributed by atoms with Gasteiger partial charge in [-0.3, -0.25) is 9.89 Å². The molecule has 19 heavy (non-hydrogen) atoms. The van der Waals surface area contributed by atoms with Crippen LogP contribution in [0.1, 0.15) is 27.7 Å². The maximum absolute atomic E-state index is 12.4. The second-order valence-corrected chi connectivity index (χ2v) is 6.48. The highest BCUT2D eigenvalue weighted by molar-refractivity contribution is 6.02. The van der Waals surface area contributed by atoms with Crippen molar-refractivity contribution in [1.82, 2.24) is 10.2 Å². The first-order valence-corrected chi connectivity index (χ1v) is 6.59. The van der Waals surface area contributed by atoms with E-state index in [1.165, 1.54) is 0 Å². The highest BCUT2D eigenvalue weighted by Gasteiger charge is 2.68. The third kappa shape index (κ3) is 1.59. The average molecular weight is 257 g/mol. The number of hydrogen-bond donors (Lipinski definition) is 2. The highest BCUT2D eigenvalue weighted by atomic mass is 16.2. The van der Waals surface area contributed by atoms with Crippen LogP contribution in [0.3, 0.4) is 0 Å². The summed E-state index contributed by atoms with van der Waals surface area (Å²) in [6.07, 6.45) is 0. The van der Waals surface area contributed by atoms with E-state index in [9.17, 15) is 4.79 Å². The average Bonchev–Trinajstić information content (AvgIpc) is 2.64. The Balaban J connectivity index is 1.85. The first-order chi connectivity index (χ1) is 8.85. The van der Waals surface area contributed by atoms with Gasteiger partial charge in [-0.15, -0.1) is 0 Å². The number of aromatic amines is 1. The van der Waals surface area contributed by atoms with Crippen LogP contribution in [0.2, 0.25) is 0 Å². The predicted octanol–water partition coefficient (Wildman–Crippen LogP) is 3.18. The van der Waals surface area contributed by atoms with E-state index in [0.717, 1.165) is 10.9 Å². The van der Waals surface area contributed by atoms with Crippen LogP contribution in [-0.4, -0.2) is 16.1 Å². The Kier molecular flexibility index (Phi) is 2.31. The van der Waals surface area contributed by atoms with Crippen molar-refractivity contribution in [2.45, 2.75) is 27.7 Å². The van der Waals surface area contributed by atoms with Gasteiger partial charge in [-0.25, -0.2) is 0 Å². The molecule has 0 bridgehead atoms. The number of anilines is 1. The molecule has 0 atom stereocenters. The van der Waals surface area contributed by atoms with Crippen LogP contribution in [0.15, 0.2) is 24.3 Å². The number of hydrogen-bond acceptors (Lipinski definition) is 2. The van der Waals surface area contributed by atoms with Gasteiger partial charge < -0.3 is 5.32 Å². The van der Waals surface area contributed by atoms with Gasteiger partial charge in [0.1, 0.15) is 0 Å². The molecule has 0 saturated heterocycles. The lowest BCUT2D eigenvalue weighted by Gasteiger charge is -2.03. The quantitative estimate of drug-likeness (QED) is 0.868. The maximum Gasteiger partial charge on any atom is 0.229 e. The summed E-state index contributed by atoms with van der Waals surface area (Å²) in [6.45, 7) is 8.56. The molecule has 3 rings (SSSR count). The topological polar surface area (TPSA) is 57.8 Å². The number of nitrogens with one attached hydrogen (secondary N) is 2. The molecule has 1 heterocycles. The monoisotopic (exact) mass is 257 g/mol. The van der Waals surface area contributed by atoms with E-state index < -0.39 is 0 Å². The first-order valence-electron chi connectivity index (χ1n) is 6.59. The third-order valence-electron chi connectivity index (χ3n) is 4.99. The van der Waals surface area contributed by atoms with Crippen molar-refractivity contribution in [2.75, 3.05) is 5.32 Å². The van der Waals surface area contributed by atoms with E-state index in [4.69, 9.17) is 0 Å². The Bertz CT molecular complexity index is 640. The number of fused-ring (bicyclic) bond motifs is 1. The van der Waals surface area contributed by atoms with Crippen LogP contribution in [0.25, 0.3) is 10.9 Å². The molecule has 0 unspecified atom stereocenters. The molecule has 1 saturated carbocycles. The lowest BCUT2D eigenvalue weighted by Crippen LogP contribution is -2.18. The SMILES string of the molecule is CC1(C)C(C(=O)Nc2n[nH]c3ccccc23)C1(C)C. The van der Waals surface area contributed by atoms with Gasteiger partial charge in [0.05, 0.1) is 5.52 Å². The van der Waals surface area contributed by atoms with Gasteiger partial charge >= 0.3 is 0 Å². The van der Waals surface area contributed by atoms with Gasteiger partial charge in [-0.2, -0.15) is 5.10 Å². The molecule has 4 nitrogen and oxygen atoms in total. The van der Waals surface area contributed by atoms with Crippen molar-refractivity contribution < 1.29 is 4.79 Å². The summed E-state index contributed by atoms with van der Waals surface area (Å²) < 4.78 is 0. The van der Waals surface area contributed by atoms with Crippen LogP contribution in [-0.2, 0) is 4.79 Å². The maximum atomic E-state index is 12.4. The van der Waals surface area contributed by atoms with E-state index in [1.807, 2.05) is 24.3 Å². The number of carbonyl (C=O) groups excluding carboxylic acids is 1. The molecule has 2 aromatic rings. The number of nitrogens with zero attached hydrogens (tertiary/aromatic N) is 1. The minimum absolute atomic E-state index is 0.0375. The smallest absolute Gasteiger partial charge is 0.229 e. The van der Waals surface area contributed by atoms with Crippen molar-refractivity contribution in [3.63, 3.8) is 0 Å². The predicted molar refractivity (Wildman–Crippen MR) is 75.8 cm³/mol. The summed E-state index contributed by atoms with van der Waals surface area (Å²) in [5.41, 5.74) is 1.03. The molecular weight excluding hydrogens is 238 g/mol. The number of benzene rings is 1. The minimum atomic E-state index is 0.0375. The fourth-order valence-electron chi connectivity index (χ4n) is 3.10. The van der Waals surface area contributed by atoms with E-state index in [1.54, 1.807) is 0 Å². The van der Waals surface area contributed by atoms with Gasteiger partial charge in [-0.1, -0.05) is 39.8 Å². The largest absolute Gasteiger partial charge is 0.308 e. The fourth-order valence-corrected chi connectivity index (χ4v) is 3.10. The summed E-state index contributed by atoms with van der Waals surface area (Å²) in [4.78, 5) is 12.4. The molecule has 100 valence electrons. The van der Waals surface area contributed by atoms with Gasteiger partial charge in [0.25, 0.3) is 0 Å². The Morgan fingerprint density at radius 2 is 1.84 bits per heavy atom. The Morgan fingerprint density at radius 3 is 2.47 bits per heavy atom. The standard InChI is InChI=1S/C15H19N3O/c1-14(2)11(15(14,3)4)13(19)16-12-9-7-5-6-8-10(9)17-18-12/h5-8,11H,1-4H3,(H2,16,17,18,19). The van der Waals surface area contributed by atoms with Gasteiger partial charge in [-0.05, 0) is 23.0 Å². The molecule has 1 aliphatic carbocycles. The number of amides is 1. The third-order valence-corrected chi connectivity index (χ3v) is 4.99. The molecule has 1 amide bonds. The molecule has 4 heteroatoms. The minimum Gasteiger partial charge on any atom is -0.308 e. The lowest BCUT2D eigenvalue weighted by atomic mass is 10.0. The number of rotatable bonds is 2.